The highest BCUT2D eigenvalue weighted by atomic mass is 35.5. The molecule has 1 fully saturated rings. The van der Waals surface area contributed by atoms with Crippen LogP contribution in [0.15, 0.2) is 72.8 Å². The van der Waals surface area contributed by atoms with Gasteiger partial charge in [0.15, 0.2) is 0 Å². The first kappa shape index (κ1) is 24.8. The van der Waals surface area contributed by atoms with E-state index in [1.165, 1.54) is 0 Å². The first-order chi connectivity index (χ1) is 16.4. The molecular formula is C26H25Cl3N2O3. The number of likely N-dealkylation sites (tertiary alicyclic amines) is 1. The molecule has 1 amide bonds. The Kier molecular flexibility index (Phi) is 8.35. The SMILES string of the molecule is O=C(OCc1ccccc1)N1C[C@@H](O)[C@H](N(Cc2cccc(Cl)c2)Cc2ccc(Cl)c(Cl)c2)C1. The van der Waals surface area contributed by atoms with E-state index in [1.54, 1.807) is 11.0 Å². The van der Waals surface area contributed by atoms with Gasteiger partial charge in [-0.2, -0.15) is 0 Å². The minimum absolute atomic E-state index is 0.187. The van der Waals surface area contributed by atoms with Crippen molar-refractivity contribution in [3.05, 3.63) is 105 Å². The highest BCUT2D eigenvalue weighted by Crippen LogP contribution is 2.27. The fraction of sp³-hybridized carbons (Fsp3) is 0.269. The van der Waals surface area contributed by atoms with Crippen LogP contribution in [-0.2, 0) is 24.4 Å². The van der Waals surface area contributed by atoms with E-state index in [4.69, 9.17) is 39.5 Å². The molecule has 0 unspecified atom stereocenters. The van der Waals surface area contributed by atoms with Gasteiger partial charge >= 0.3 is 6.09 Å². The molecule has 3 aromatic carbocycles. The Morgan fingerprint density at radius 3 is 2.29 bits per heavy atom. The van der Waals surface area contributed by atoms with Gasteiger partial charge in [0.2, 0.25) is 0 Å². The monoisotopic (exact) mass is 518 g/mol. The number of β-amino-alcohol motifs (C(OH)–C–C–N with tert-alkyl or cyclic N) is 1. The zero-order valence-corrected chi connectivity index (χ0v) is 20.7. The normalized spacial score (nSPS) is 17.9. The summed E-state index contributed by atoms with van der Waals surface area (Å²) in [5.41, 5.74) is 2.87. The summed E-state index contributed by atoms with van der Waals surface area (Å²) >= 11 is 18.5. The van der Waals surface area contributed by atoms with Crippen LogP contribution in [0.5, 0.6) is 0 Å². The van der Waals surface area contributed by atoms with Gasteiger partial charge in [0.05, 0.1) is 28.7 Å². The van der Waals surface area contributed by atoms with Crippen LogP contribution in [0.2, 0.25) is 15.1 Å². The van der Waals surface area contributed by atoms with Crippen molar-refractivity contribution in [2.75, 3.05) is 13.1 Å². The average Bonchev–Trinajstić information content (AvgIpc) is 3.22. The summed E-state index contributed by atoms with van der Waals surface area (Å²) in [4.78, 5) is 16.4. The maximum Gasteiger partial charge on any atom is 0.410 e. The first-order valence-electron chi connectivity index (χ1n) is 10.9. The first-order valence-corrected chi connectivity index (χ1v) is 12.1. The second kappa shape index (κ2) is 11.4. The van der Waals surface area contributed by atoms with E-state index in [-0.39, 0.29) is 19.2 Å². The molecule has 5 nitrogen and oxygen atoms in total. The van der Waals surface area contributed by atoms with Crippen LogP contribution in [-0.4, -0.2) is 46.2 Å². The quantitative estimate of drug-likeness (QED) is 0.414. The molecule has 1 aliphatic rings. The summed E-state index contributed by atoms with van der Waals surface area (Å²) < 4.78 is 5.48. The molecule has 2 atom stereocenters. The Morgan fingerprint density at radius 2 is 1.59 bits per heavy atom. The van der Waals surface area contributed by atoms with Crippen molar-refractivity contribution < 1.29 is 14.6 Å². The van der Waals surface area contributed by atoms with Gasteiger partial charge in [-0.3, -0.25) is 4.90 Å². The Hall–Kier alpha value is -2.28. The molecule has 1 heterocycles. The average molecular weight is 520 g/mol. The third-order valence-corrected chi connectivity index (χ3v) is 6.81. The van der Waals surface area contributed by atoms with Gasteiger partial charge in [0.25, 0.3) is 0 Å². The van der Waals surface area contributed by atoms with Crippen LogP contribution in [0.3, 0.4) is 0 Å². The molecule has 34 heavy (non-hydrogen) atoms. The van der Waals surface area contributed by atoms with Crippen LogP contribution >= 0.6 is 34.8 Å². The fourth-order valence-electron chi connectivity index (χ4n) is 4.12. The third-order valence-electron chi connectivity index (χ3n) is 5.84. The highest BCUT2D eigenvalue weighted by Gasteiger charge is 2.38. The van der Waals surface area contributed by atoms with Crippen LogP contribution < -0.4 is 0 Å². The van der Waals surface area contributed by atoms with Crippen molar-refractivity contribution >= 4 is 40.9 Å². The van der Waals surface area contributed by atoms with Crippen LogP contribution in [0.1, 0.15) is 16.7 Å². The van der Waals surface area contributed by atoms with Gasteiger partial charge in [0, 0.05) is 24.7 Å². The van der Waals surface area contributed by atoms with E-state index in [1.807, 2.05) is 66.7 Å². The van der Waals surface area contributed by atoms with E-state index >= 15 is 0 Å². The number of hydrogen-bond acceptors (Lipinski definition) is 4. The number of carbonyl (C=O) groups excluding carboxylic acids is 1. The Labute approximate surface area is 214 Å². The topological polar surface area (TPSA) is 53.0 Å². The smallest absolute Gasteiger partial charge is 0.410 e. The number of ether oxygens (including phenoxy) is 1. The Balaban J connectivity index is 1.48. The molecule has 1 aliphatic heterocycles. The fourth-order valence-corrected chi connectivity index (χ4v) is 4.65. The van der Waals surface area contributed by atoms with Gasteiger partial charge in [-0.1, -0.05) is 83.3 Å². The number of nitrogens with zero attached hydrogens (tertiary/aromatic N) is 2. The van der Waals surface area contributed by atoms with E-state index in [0.717, 1.165) is 16.7 Å². The minimum atomic E-state index is -0.730. The molecule has 3 aromatic rings. The molecule has 0 aromatic heterocycles. The number of amides is 1. The van der Waals surface area contributed by atoms with Crippen molar-refractivity contribution in [1.29, 1.82) is 0 Å². The van der Waals surface area contributed by atoms with Crippen molar-refractivity contribution in [1.82, 2.24) is 9.80 Å². The maximum atomic E-state index is 12.7. The lowest BCUT2D eigenvalue weighted by Crippen LogP contribution is -2.42. The Morgan fingerprint density at radius 1 is 0.882 bits per heavy atom. The number of carbonyl (C=O) groups is 1. The molecular weight excluding hydrogens is 495 g/mol. The zero-order chi connectivity index (χ0) is 24.1. The van der Waals surface area contributed by atoms with Gasteiger partial charge < -0.3 is 14.7 Å². The van der Waals surface area contributed by atoms with Crippen molar-refractivity contribution in [3.63, 3.8) is 0 Å². The van der Waals surface area contributed by atoms with Crippen LogP contribution in [0, 0.1) is 0 Å². The van der Waals surface area contributed by atoms with Crippen molar-refractivity contribution in [2.24, 2.45) is 0 Å². The summed E-state index contributed by atoms with van der Waals surface area (Å²) in [5.74, 6) is 0. The zero-order valence-electron chi connectivity index (χ0n) is 18.4. The van der Waals surface area contributed by atoms with E-state index in [9.17, 15) is 9.90 Å². The number of benzene rings is 3. The highest BCUT2D eigenvalue weighted by molar-refractivity contribution is 6.42. The minimum Gasteiger partial charge on any atom is -0.445 e. The molecule has 0 spiro atoms. The predicted octanol–water partition coefficient (Wildman–Crippen LogP) is 6.03. The second-order valence-electron chi connectivity index (χ2n) is 8.36. The van der Waals surface area contributed by atoms with Gasteiger partial charge in [0.1, 0.15) is 6.61 Å². The molecule has 1 saturated heterocycles. The summed E-state index contributed by atoms with van der Waals surface area (Å²) in [6.45, 7) is 1.78. The van der Waals surface area contributed by atoms with E-state index in [2.05, 4.69) is 4.90 Å². The number of aliphatic hydroxyl groups excluding tert-OH is 1. The molecule has 4 rings (SSSR count). The standard InChI is InChI=1S/C26H25Cl3N2O3/c27-21-8-4-7-19(11-21)13-30(14-20-9-10-22(28)23(29)12-20)24-15-31(16-25(24)32)26(33)34-17-18-5-2-1-3-6-18/h1-12,24-25,32H,13-17H2/t24-,25-/m1/s1. The van der Waals surface area contributed by atoms with Crippen LogP contribution in [0.25, 0.3) is 0 Å². The van der Waals surface area contributed by atoms with Gasteiger partial charge in [-0.25, -0.2) is 4.79 Å². The maximum absolute atomic E-state index is 12.7. The number of hydrogen-bond donors (Lipinski definition) is 1. The van der Waals surface area contributed by atoms with Crippen molar-refractivity contribution in [3.8, 4) is 0 Å². The lowest BCUT2D eigenvalue weighted by Gasteiger charge is -2.31. The van der Waals surface area contributed by atoms with Crippen molar-refractivity contribution in [2.45, 2.75) is 31.8 Å². The molecule has 8 heteroatoms. The molecule has 178 valence electrons. The number of rotatable bonds is 7. The molecule has 0 bridgehead atoms. The van der Waals surface area contributed by atoms with E-state index < -0.39 is 12.2 Å². The van der Waals surface area contributed by atoms with E-state index in [0.29, 0.717) is 34.7 Å². The lowest BCUT2D eigenvalue weighted by molar-refractivity contribution is 0.0728. The molecule has 0 saturated carbocycles. The summed E-state index contributed by atoms with van der Waals surface area (Å²) in [6, 6.07) is 22.3. The number of halogens is 3. The van der Waals surface area contributed by atoms with Gasteiger partial charge in [-0.05, 0) is 41.0 Å². The summed E-state index contributed by atoms with van der Waals surface area (Å²) in [5, 5.41) is 12.5. The summed E-state index contributed by atoms with van der Waals surface area (Å²) in [7, 11) is 0. The molecule has 0 aliphatic carbocycles. The lowest BCUT2D eigenvalue weighted by atomic mass is 10.1. The number of aliphatic hydroxyl groups is 1. The molecule has 0 radical (unpaired) electrons. The Bertz CT molecular complexity index is 1130. The second-order valence-corrected chi connectivity index (χ2v) is 9.61. The molecule has 1 N–H and O–H groups in total. The predicted molar refractivity (Wildman–Crippen MR) is 135 cm³/mol. The third kappa shape index (κ3) is 6.44. The summed E-state index contributed by atoms with van der Waals surface area (Å²) in [6.07, 6.45) is -1.17. The largest absolute Gasteiger partial charge is 0.445 e. The van der Waals surface area contributed by atoms with Gasteiger partial charge in [-0.15, -0.1) is 0 Å². The van der Waals surface area contributed by atoms with Crippen LogP contribution in [0.4, 0.5) is 4.79 Å².